The Morgan fingerprint density at radius 2 is 2.00 bits per heavy atom. The summed E-state index contributed by atoms with van der Waals surface area (Å²) in [6, 6.07) is 8.58. The molecule has 2 bridgehead atoms. The molecule has 2 fully saturated rings. The first-order chi connectivity index (χ1) is 10.3. The lowest BCUT2D eigenvalue weighted by atomic mass is 9.68. The van der Waals surface area contributed by atoms with Crippen LogP contribution in [0.25, 0.3) is 10.9 Å². The number of fused-ring (bicyclic) bond motifs is 3. The smallest absolute Gasteiger partial charge is 0.250 e. The van der Waals surface area contributed by atoms with Crippen LogP contribution in [0.2, 0.25) is 0 Å². The van der Waals surface area contributed by atoms with Gasteiger partial charge < -0.3 is 10.3 Å². The second-order valence-corrected chi connectivity index (χ2v) is 8.15. The highest BCUT2D eigenvalue weighted by atomic mass is 16.1. The predicted octanol–water partition coefficient (Wildman–Crippen LogP) is 4.13. The monoisotopic (exact) mass is 296 g/mol. The standard InChI is InChI=1S/C19H24N2O/c1-18(2)12-8-9-19(3,10-12)17(18)21-11-14(16(20)22)13-6-4-5-7-15(13)21/h4-7,11-12,17H,8-10H2,1-3H3,(H2,20,22)/t12-,17-,19+/m1/s1. The van der Waals surface area contributed by atoms with Crippen LogP contribution in [0.1, 0.15) is 56.4 Å². The average Bonchev–Trinajstić information content (AvgIpc) is 3.06. The molecule has 3 atom stereocenters. The normalized spacial score (nSPS) is 32.7. The quantitative estimate of drug-likeness (QED) is 0.890. The van der Waals surface area contributed by atoms with Crippen LogP contribution >= 0.6 is 0 Å². The largest absolute Gasteiger partial charge is 0.366 e. The highest BCUT2D eigenvalue weighted by Crippen LogP contribution is 2.68. The van der Waals surface area contributed by atoms with Gasteiger partial charge in [0.05, 0.1) is 5.56 Å². The number of benzene rings is 1. The van der Waals surface area contributed by atoms with E-state index in [-0.39, 0.29) is 11.3 Å². The van der Waals surface area contributed by atoms with E-state index in [4.69, 9.17) is 5.73 Å². The summed E-state index contributed by atoms with van der Waals surface area (Å²) in [7, 11) is 0. The summed E-state index contributed by atoms with van der Waals surface area (Å²) in [5.41, 5.74) is 7.99. The first-order valence-corrected chi connectivity index (χ1v) is 8.24. The SMILES string of the molecule is CC1(C)[C@@H]2CC[C@@](C)(C2)[C@@H]1n1cc(C(N)=O)c2ccccc21. The lowest BCUT2D eigenvalue weighted by molar-refractivity contribution is 0.0864. The Hall–Kier alpha value is -1.77. The second-order valence-electron chi connectivity index (χ2n) is 8.15. The number of rotatable bonds is 2. The van der Waals surface area contributed by atoms with Crippen LogP contribution in [-0.4, -0.2) is 10.5 Å². The Morgan fingerprint density at radius 3 is 2.64 bits per heavy atom. The molecule has 1 heterocycles. The van der Waals surface area contributed by atoms with E-state index < -0.39 is 0 Å². The van der Waals surface area contributed by atoms with E-state index in [1.54, 1.807) is 0 Å². The molecule has 0 aliphatic heterocycles. The van der Waals surface area contributed by atoms with Gasteiger partial charge in [-0.1, -0.05) is 39.0 Å². The van der Waals surface area contributed by atoms with Crippen molar-refractivity contribution in [1.29, 1.82) is 0 Å². The number of hydrogen-bond donors (Lipinski definition) is 1. The minimum absolute atomic E-state index is 0.254. The maximum atomic E-state index is 11.9. The number of amides is 1. The fourth-order valence-electron chi connectivity index (χ4n) is 5.58. The van der Waals surface area contributed by atoms with Gasteiger partial charge in [0.2, 0.25) is 0 Å². The maximum absolute atomic E-state index is 11.9. The summed E-state index contributed by atoms with van der Waals surface area (Å²) in [5, 5.41) is 0.983. The topological polar surface area (TPSA) is 48.0 Å². The summed E-state index contributed by atoms with van der Waals surface area (Å²) < 4.78 is 2.36. The molecule has 2 aliphatic rings. The van der Waals surface area contributed by atoms with Gasteiger partial charge in [-0.25, -0.2) is 0 Å². The molecule has 116 valence electrons. The molecule has 2 N–H and O–H groups in total. The van der Waals surface area contributed by atoms with Gasteiger partial charge in [0.25, 0.3) is 5.91 Å². The van der Waals surface area contributed by atoms with Crippen molar-refractivity contribution in [1.82, 2.24) is 4.57 Å². The molecule has 1 aromatic carbocycles. The van der Waals surface area contributed by atoms with Crippen molar-refractivity contribution in [3.63, 3.8) is 0 Å². The molecule has 0 saturated heterocycles. The first kappa shape index (κ1) is 13.9. The fraction of sp³-hybridized carbons (Fsp3) is 0.526. The van der Waals surface area contributed by atoms with Crippen LogP contribution < -0.4 is 5.73 Å². The molecule has 2 aromatic rings. The second kappa shape index (κ2) is 4.15. The number of nitrogens with zero attached hydrogens (tertiary/aromatic N) is 1. The van der Waals surface area contributed by atoms with E-state index in [1.165, 1.54) is 19.3 Å². The van der Waals surface area contributed by atoms with Gasteiger partial charge >= 0.3 is 0 Å². The van der Waals surface area contributed by atoms with Crippen molar-refractivity contribution in [2.24, 2.45) is 22.5 Å². The van der Waals surface area contributed by atoms with Crippen molar-refractivity contribution in [3.05, 3.63) is 36.0 Å². The first-order valence-electron chi connectivity index (χ1n) is 8.24. The van der Waals surface area contributed by atoms with Crippen molar-refractivity contribution < 1.29 is 4.79 Å². The molecule has 1 amide bonds. The number of carbonyl (C=O) groups excluding carboxylic acids is 1. The minimum Gasteiger partial charge on any atom is -0.366 e. The number of nitrogens with two attached hydrogens (primary N) is 1. The number of carbonyl (C=O) groups is 1. The highest BCUT2D eigenvalue weighted by Gasteiger charge is 2.60. The van der Waals surface area contributed by atoms with E-state index in [0.29, 0.717) is 17.0 Å². The Kier molecular flexibility index (Phi) is 2.62. The number of aromatic nitrogens is 1. The summed E-state index contributed by atoms with van der Waals surface area (Å²) in [6.07, 6.45) is 5.92. The van der Waals surface area contributed by atoms with Crippen LogP contribution in [0.4, 0.5) is 0 Å². The molecule has 0 spiro atoms. The third kappa shape index (κ3) is 1.60. The Labute approximate surface area is 131 Å². The number of primary amides is 1. The zero-order chi connectivity index (χ0) is 15.7. The maximum Gasteiger partial charge on any atom is 0.250 e. The van der Waals surface area contributed by atoms with Crippen LogP contribution in [0, 0.1) is 16.7 Å². The third-order valence-corrected chi connectivity index (χ3v) is 6.48. The molecule has 1 aromatic heterocycles. The predicted molar refractivity (Wildman–Crippen MR) is 88.7 cm³/mol. The zero-order valence-corrected chi connectivity index (χ0v) is 13.6. The van der Waals surface area contributed by atoms with E-state index in [1.807, 2.05) is 24.4 Å². The van der Waals surface area contributed by atoms with E-state index in [2.05, 4.69) is 31.4 Å². The van der Waals surface area contributed by atoms with Gasteiger partial charge in [0.15, 0.2) is 0 Å². The zero-order valence-electron chi connectivity index (χ0n) is 13.6. The fourth-order valence-corrected chi connectivity index (χ4v) is 5.58. The van der Waals surface area contributed by atoms with Crippen molar-refractivity contribution in [3.8, 4) is 0 Å². The number of para-hydroxylation sites is 1. The molecule has 0 unspecified atom stereocenters. The lowest BCUT2D eigenvalue weighted by Crippen LogP contribution is -2.37. The molecular formula is C19H24N2O. The molecule has 2 saturated carbocycles. The highest BCUT2D eigenvalue weighted by molar-refractivity contribution is 6.06. The van der Waals surface area contributed by atoms with E-state index in [0.717, 1.165) is 16.8 Å². The Balaban J connectivity index is 1.97. The van der Waals surface area contributed by atoms with Gasteiger partial charge in [-0.05, 0) is 42.1 Å². The average molecular weight is 296 g/mol. The number of hydrogen-bond acceptors (Lipinski definition) is 1. The summed E-state index contributed by atoms with van der Waals surface area (Å²) in [4.78, 5) is 11.9. The van der Waals surface area contributed by atoms with Gasteiger partial charge in [0.1, 0.15) is 0 Å². The minimum atomic E-state index is -0.332. The van der Waals surface area contributed by atoms with Gasteiger partial charge in [-0.15, -0.1) is 0 Å². The lowest BCUT2D eigenvalue weighted by Gasteiger charge is -2.44. The van der Waals surface area contributed by atoms with Crippen LogP contribution in [0.3, 0.4) is 0 Å². The Morgan fingerprint density at radius 1 is 1.27 bits per heavy atom. The molecule has 22 heavy (non-hydrogen) atoms. The van der Waals surface area contributed by atoms with Crippen molar-refractivity contribution in [2.45, 2.75) is 46.1 Å². The molecular weight excluding hydrogens is 272 g/mol. The summed E-state index contributed by atoms with van der Waals surface area (Å²) in [5.74, 6) is 0.446. The molecule has 2 aliphatic carbocycles. The van der Waals surface area contributed by atoms with Gasteiger partial charge in [0, 0.05) is 23.1 Å². The molecule has 0 radical (unpaired) electrons. The van der Waals surface area contributed by atoms with E-state index >= 15 is 0 Å². The van der Waals surface area contributed by atoms with E-state index in [9.17, 15) is 4.79 Å². The van der Waals surface area contributed by atoms with Crippen molar-refractivity contribution >= 4 is 16.8 Å². The van der Waals surface area contributed by atoms with Crippen molar-refractivity contribution in [2.75, 3.05) is 0 Å². The van der Waals surface area contributed by atoms with Crippen LogP contribution in [-0.2, 0) is 0 Å². The van der Waals surface area contributed by atoms with Gasteiger partial charge in [-0.2, -0.15) is 0 Å². The molecule has 4 rings (SSSR count). The van der Waals surface area contributed by atoms with Crippen LogP contribution in [0.5, 0.6) is 0 Å². The summed E-state index contributed by atoms with van der Waals surface area (Å²) >= 11 is 0. The van der Waals surface area contributed by atoms with Gasteiger partial charge in [-0.3, -0.25) is 4.79 Å². The third-order valence-electron chi connectivity index (χ3n) is 6.48. The van der Waals surface area contributed by atoms with Crippen LogP contribution in [0.15, 0.2) is 30.5 Å². The molecule has 3 nitrogen and oxygen atoms in total. The summed E-state index contributed by atoms with van der Waals surface area (Å²) in [6.45, 7) is 7.21. The Bertz CT molecular complexity index is 768. The molecule has 3 heteroatoms.